The van der Waals surface area contributed by atoms with Gasteiger partial charge in [0.1, 0.15) is 0 Å². The maximum Gasteiger partial charge on any atom is 0.0332 e. The van der Waals surface area contributed by atoms with Crippen LogP contribution in [0.15, 0.2) is 0 Å². The maximum atomic E-state index is 3.59. The molecule has 0 aromatic carbocycles. The smallest absolute Gasteiger partial charge is 0.0332 e. The third-order valence-electron chi connectivity index (χ3n) is 4.67. The first-order valence-electron chi connectivity index (χ1n) is 6.80. The van der Waals surface area contributed by atoms with Crippen LogP contribution in [0.4, 0.5) is 0 Å². The molecular formula is C13H26N2. The van der Waals surface area contributed by atoms with Gasteiger partial charge in [-0.2, -0.15) is 0 Å². The molecule has 1 saturated carbocycles. The molecule has 1 N–H and O–H groups in total. The van der Waals surface area contributed by atoms with E-state index in [0.29, 0.717) is 5.54 Å². The van der Waals surface area contributed by atoms with Crippen molar-refractivity contribution in [2.24, 2.45) is 0 Å². The molecule has 0 bridgehead atoms. The number of nitrogens with one attached hydrogen (secondary N) is 1. The van der Waals surface area contributed by atoms with Crippen LogP contribution in [0, 0.1) is 0 Å². The zero-order chi connectivity index (χ0) is 10.7. The van der Waals surface area contributed by atoms with E-state index in [1.807, 2.05) is 0 Å². The van der Waals surface area contributed by atoms with E-state index in [9.17, 15) is 0 Å². The molecule has 0 aromatic rings. The highest BCUT2D eigenvalue weighted by Crippen LogP contribution is 2.33. The molecule has 2 heteroatoms. The van der Waals surface area contributed by atoms with Gasteiger partial charge in [-0.25, -0.2) is 0 Å². The lowest BCUT2D eigenvalue weighted by molar-refractivity contribution is 0.0148. The van der Waals surface area contributed by atoms with E-state index < -0.39 is 0 Å². The highest BCUT2D eigenvalue weighted by molar-refractivity contribution is 4.98. The lowest BCUT2D eigenvalue weighted by Gasteiger charge is -2.50. The Hall–Kier alpha value is -0.0800. The third kappa shape index (κ3) is 2.07. The molecule has 1 saturated heterocycles. The van der Waals surface area contributed by atoms with Crippen LogP contribution < -0.4 is 5.32 Å². The molecule has 0 radical (unpaired) electrons. The van der Waals surface area contributed by atoms with E-state index in [0.717, 1.165) is 6.04 Å². The van der Waals surface area contributed by atoms with Gasteiger partial charge in [-0.15, -0.1) is 0 Å². The van der Waals surface area contributed by atoms with E-state index in [1.165, 1.54) is 58.2 Å². The van der Waals surface area contributed by atoms with E-state index in [2.05, 4.69) is 24.1 Å². The van der Waals surface area contributed by atoms with Gasteiger partial charge in [0.2, 0.25) is 0 Å². The Balaban J connectivity index is 2.10. The van der Waals surface area contributed by atoms with Gasteiger partial charge < -0.3 is 5.32 Å². The largest absolute Gasteiger partial charge is 0.314 e. The van der Waals surface area contributed by atoms with Crippen molar-refractivity contribution in [2.45, 2.75) is 64.0 Å². The maximum absolute atomic E-state index is 3.59. The highest BCUT2D eigenvalue weighted by atomic mass is 15.3. The first-order chi connectivity index (χ1) is 7.32. The second kappa shape index (κ2) is 4.84. The summed E-state index contributed by atoms with van der Waals surface area (Å²) in [6, 6.07) is 0.895. The van der Waals surface area contributed by atoms with Gasteiger partial charge in [0.05, 0.1) is 0 Å². The molecule has 0 spiro atoms. The molecule has 2 fully saturated rings. The number of piperazine rings is 1. The Bertz CT molecular complexity index is 193. The van der Waals surface area contributed by atoms with Crippen LogP contribution >= 0.6 is 0 Å². The molecule has 0 unspecified atom stereocenters. The van der Waals surface area contributed by atoms with Crippen LogP contribution in [-0.2, 0) is 0 Å². The molecule has 0 aromatic heterocycles. The monoisotopic (exact) mass is 210 g/mol. The van der Waals surface area contributed by atoms with Gasteiger partial charge in [0.15, 0.2) is 0 Å². The van der Waals surface area contributed by atoms with Crippen molar-refractivity contribution >= 4 is 0 Å². The first kappa shape index (κ1) is 11.4. The fourth-order valence-corrected chi connectivity index (χ4v) is 3.55. The molecule has 15 heavy (non-hydrogen) atoms. The zero-order valence-corrected chi connectivity index (χ0v) is 10.4. The van der Waals surface area contributed by atoms with Gasteiger partial charge in [-0.1, -0.05) is 26.7 Å². The zero-order valence-electron chi connectivity index (χ0n) is 10.4. The third-order valence-corrected chi connectivity index (χ3v) is 4.67. The second-order valence-corrected chi connectivity index (χ2v) is 5.24. The summed E-state index contributed by atoms with van der Waals surface area (Å²) in [4.78, 5) is 2.84. The summed E-state index contributed by atoms with van der Waals surface area (Å²) in [7, 11) is 0. The summed E-state index contributed by atoms with van der Waals surface area (Å²) in [5.74, 6) is 0. The van der Waals surface area contributed by atoms with Crippen LogP contribution in [0.25, 0.3) is 0 Å². The number of rotatable bonds is 3. The molecule has 0 atom stereocenters. The minimum atomic E-state index is 0.466. The average Bonchev–Trinajstić information content (AvgIpc) is 2.82. The standard InChI is InChI=1S/C13H26N2/c1-3-13(4-2)11-14-9-10-15(13)12-7-5-6-8-12/h12,14H,3-11H2,1-2H3. The summed E-state index contributed by atoms with van der Waals surface area (Å²) in [6.45, 7) is 8.39. The Kier molecular flexibility index (Phi) is 3.68. The molecule has 88 valence electrons. The number of hydrogen-bond acceptors (Lipinski definition) is 2. The quantitative estimate of drug-likeness (QED) is 0.769. The lowest BCUT2D eigenvalue weighted by atomic mass is 9.87. The minimum absolute atomic E-state index is 0.466. The Morgan fingerprint density at radius 3 is 2.47 bits per heavy atom. The average molecular weight is 210 g/mol. The van der Waals surface area contributed by atoms with E-state index in [-0.39, 0.29) is 0 Å². The molecule has 0 amide bonds. The summed E-state index contributed by atoms with van der Waals surface area (Å²) in [5, 5.41) is 3.59. The van der Waals surface area contributed by atoms with Crippen LogP contribution in [0.2, 0.25) is 0 Å². The fraction of sp³-hybridized carbons (Fsp3) is 1.00. The molecule has 2 aliphatic rings. The van der Waals surface area contributed by atoms with Crippen molar-refractivity contribution in [1.82, 2.24) is 10.2 Å². The van der Waals surface area contributed by atoms with Crippen molar-refractivity contribution in [3.05, 3.63) is 0 Å². The van der Waals surface area contributed by atoms with E-state index >= 15 is 0 Å². The minimum Gasteiger partial charge on any atom is -0.314 e. The molecule has 1 heterocycles. The van der Waals surface area contributed by atoms with Crippen molar-refractivity contribution in [1.29, 1.82) is 0 Å². The predicted octanol–water partition coefficient (Wildman–Crippen LogP) is 2.39. The van der Waals surface area contributed by atoms with Crippen molar-refractivity contribution in [3.8, 4) is 0 Å². The summed E-state index contributed by atoms with van der Waals surface area (Å²) in [6.07, 6.45) is 8.40. The Morgan fingerprint density at radius 2 is 1.87 bits per heavy atom. The van der Waals surface area contributed by atoms with Gasteiger partial charge in [-0.05, 0) is 25.7 Å². The Morgan fingerprint density at radius 1 is 1.20 bits per heavy atom. The topological polar surface area (TPSA) is 15.3 Å². The van der Waals surface area contributed by atoms with E-state index in [4.69, 9.17) is 0 Å². The fourth-order valence-electron chi connectivity index (χ4n) is 3.55. The normalized spacial score (nSPS) is 28.4. The van der Waals surface area contributed by atoms with Crippen molar-refractivity contribution < 1.29 is 0 Å². The number of hydrogen-bond donors (Lipinski definition) is 1. The van der Waals surface area contributed by atoms with Crippen molar-refractivity contribution in [3.63, 3.8) is 0 Å². The van der Waals surface area contributed by atoms with Gasteiger partial charge in [-0.3, -0.25) is 4.90 Å². The van der Waals surface area contributed by atoms with Crippen LogP contribution in [0.3, 0.4) is 0 Å². The molecular weight excluding hydrogens is 184 g/mol. The summed E-state index contributed by atoms with van der Waals surface area (Å²) < 4.78 is 0. The summed E-state index contributed by atoms with van der Waals surface area (Å²) in [5.41, 5.74) is 0.466. The second-order valence-electron chi connectivity index (χ2n) is 5.24. The van der Waals surface area contributed by atoms with Gasteiger partial charge in [0.25, 0.3) is 0 Å². The summed E-state index contributed by atoms with van der Waals surface area (Å²) >= 11 is 0. The van der Waals surface area contributed by atoms with E-state index in [1.54, 1.807) is 0 Å². The molecule has 2 rings (SSSR count). The van der Waals surface area contributed by atoms with Crippen LogP contribution in [0.5, 0.6) is 0 Å². The molecule has 1 aliphatic heterocycles. The van der Waals surface area contributed by atoms with Gasteiger partial charge in [0, 0.05) is 31.2 Å². The molecule has 2 nitrogen and oxygen atoms in total. The van der Waals surface area contributed by atoms with Crippen molar-refractivity contribution in [2.75, 3.05) is 19.6 Å². The lowest BCUT2D eigenvalue weighted by Crippen LogP contribution is -2.63. The Labute approximate surface area is 94.4 Å². The predicted molar refractivity (Wildman–Crippen MR) is 65.1 cm³/mol. The first-order valence-corrected chi connectivity index (χ1v) is 6.80. The van der Waals surface area contributed by atoms with Crippen LogP contribution in [-0.4, -0.2) is 36.1 Å². The molecule has 1 aliphatic carbocycles. The SMILES string of the molecule is CCC1(CC)CNCCN1C1CCCC1. The number of nitrogens with zero attached hydrogens (tertiary/aromatic N) is 1. The van der Waals surface area contributed by atoms with Gasteiger partial charge >= 0.3 is 0 Å². The highest BCUT2D eigenvalue weighted by Gasteiger charge is 2.39. The van der Waals surface area contributed by atoms with Crippen LogP contribution in [0.1, 0.15) is 52.4 Å².